The summed E-state index contributed by atoms with van der Waals surface area (Å²) in [5.41, 5.74) is 1.30. The molecule has 0 bridgehead atoms. The molecule has 1 aromatic carbocycles. The third kappa shape index (κ3) is 10.4. The van der Waals surface area contributed by atoms with Gasteiger partial charge in [0.05, 0.1) is 21.1 Å². The first-order valence-corrected chi connectivity index (χ1v) is 10.1. The number of halogens is 1. The maximum atomic E-state index is 6.09. The zero-order valence-corrected chi connectivity index (χ0v) is 18.5. The molecule has 0 spiro atoms. The number of para-hydroxylation sites is 1. The van der Waals surface area contributed by atoms with Crippen LogP contribution in [0.4, 0.5) is 0 Å². The normalized spacial score (nSPS) is 13.8. The predicted octanol–water partition coefficient (Wildman–Crippen LogP) is 2.78. The molecule has 1 rings (SSSR count). The van der Waals surface area contributed by atoms with Crippen molar-refractivity contribution in [1.82, 2.24) is 0 Å². The van der Waals surface area contributed by atoms with Crippen molar-refractivity contribution in [1.29, 1.82) is 0 Å². The minimum absolute atomic E-state index is 0. The van der Waals surface area contributed by atoms with E-state index in [0.29, 0.717) is 0 Å². The first-order chi connectivity index (χ1) is 11.8. The fourth-order valence-electron chi connectivity index (χ4n) is 2.76. The third-order valence-electron chi connectivity index (χ3n) is 4.79. The van der Waals surface area contributed by atoms with Crippen molar-refractivity contribution in [3.05, 3.63) is 29.8 Å². The van der Waals surface area contributed by atoms with Crippen LogP contribution in [0.25, 0.3) is 0 Å². The molecule has 0 radical (unpaired) electrons. The highest BCUT2D eigenvalue weighted by molar-refractivity contribution is 5.33. The monoisotopic (exact) mass is 385 g/mol. The van der Waals surface area contributed by atoms with Crippen molar-refractivity contribution in [2.45, 2.75) is 84.7 Å². The molecule has 2 unspecified atom stereocenters. The molecule has 1 aromatic rings. The smallest absolute Gasteiger partial charge is 0.202 e. The van der Waals surface area contributed by atoms with Gasteiger partial charge in [-0.05, 0) is 31.4 Å². The summed E-state index contributed by atoms with van der Waals surface area (Å²) in [6.45, 7) is 6.34. The summed E-state index contributed by atoms with van der Waals surface area (Å²) >= 11 is 0. The van der Waals surface area contributed by atoms with Gasteiger partial charge >= 0.3 is 0 Å². The Morgan fingerprint density at radius 1 is 0.885 bits per heavy atom. The average molecular weight is 386 g/mol. The van der Waals surface area contributed by atoms with Crippen LogP contribution in [0, 0.1) is 0 Å². The van der Waals surface area contributed by atoms with Gasteiger partial charge in [-0.2, -0.15) is 0 Å². The lowest BCUT2D eigenvalue weighted by Gasteiger charge is -2.33. The van der Waals surface area contributed by atoms with Gasteiger partial charge in [-0.25, -0.2) is 0 Å². The van der Waals surface area contributed by atoms with Crippen LogP contribution in [0.15, 0.2) is 24.3 Å². The van der Waals surface area contributed by atoms with Gasteiger partial charge in [0, 0.05) is 6.92 Å². The minimum atomic E-state index is -0.248. The number of hydrogen-bond donors (Lipinski definition) is 0. The lowest BCUT2D eigenvalue weighted by molar-refractivity contribution is -0.919. The summed E-state index contributed by atoms with van der Waals surface area (Å²) in [6.07, 6.45) is 10.3. The van der Waals surface area contributed by atoms with Crippen LogP contribution in [0.5, 0.6) is 5.75 Å². The first-order valence-electron chi connectivity index (χ1n) is 10.1. The Hall–Kier alpha value is -0.770. The van der Waals surface area contributed by atoms with Crippen LogP contribution < -0.4 is 17.1 Å². The number of unbranched alkanes of at least 4 members (excludes halogenated alkanes) is 6. The van der Waals surface area contributed by atoms with Crippen LogP contribution in [0.2, 0.25) is 0 Å². The number of nitrogens with zero attached hydrogens (tertiary/aromatic N) is 1. The number of quaternary nitrogens is 1. The zero-order valence-electron chi connectivity index (χ0n) is 17.8. The van der Waals surface area contributed by atoms with Gasteiger partial charge in [0.25, 0.3) is 0 Å². The van der Waals surface area contributed by atoms with E-state index in [2.05, 4.69) is 53.2 Å². The Labute approximate surface area is 168 Å². The second kappa shape index (κ2) is 13.4. The quantitative estimate of drug-likeness (QED) is 0.295. The van der Waals surface area contributed by atoms with E-state index in [1.807, 2.05) is 13.0 Å². The maximum Gasteiger partial charge on any atom is 0.202 e. The molecule has 26 heavy (non-hydrogen) atoms. The van der Waals surface area contributed by atoms with E-state index in [4.69, 9.17) is 9.47 Å². The Balaban J connectivity index is 0.00000625. The number of aryl methyl sites for hydroxylation is 1. The number of benzene rings is 1. The van der Waals surface area contributed by atoms with Crippen molar-refractivity contribution in [3.8, 4) is 5.75 Å². The Morgan fingerprint density at radius 3 is 2.08 bits per heavy atom. The van der Waals surface area contributed by atoms with E-state index in [-0.39, 0.29) is 24.9 Å². The molecule has 0 aromatic heterocycles. The van der Waals surface area contributed by atoms with Gasteiger partial charge in [-0.3, -0.25) is 4.74 Å². The van der Waals surface area contributed by atoms with Gasteiger partial charge in [0.15, 0.2) is 6.23 Å². The van der Waals surface area contributed by atoms with Crippen molar-refractivity contribution in [3.63, 3.8) is 0 Å². The highest BCUT2D eigenvalue weighted by atomic mass is 35.5. The van der Waals surface area contributed by atoms with Crippen molar-refractivity contribution in [2.75, 3.05) is 21.1 Å². The highest BCUT2D eigenvalue weighted by Gasteiger charge is 2.22. The topological polar surface area (TPSA) is 18.5 Å². The summed E-state index contributed by atoms with van der Waals surface area (Å²) in [5, 5.41) is 0. The molecule has 0 N–H and O–H groups in total. The van der Waals surface area contributed by atoms with Crippen molar-refractivity contribution < 1.29 is 26.4 Å². The van der Waals surface area contributed by atoms with E-state index < -0.39 is 0 Å². The lowest BCUT2D eigenvalue weighted by Crippen LogP contribution is -3.00. The van der Waals surface area contributed by atoms with Crippen molar-refractivity contribution in [2.24, 2.45) is 0 Å². The molecule has 0 aliphatic carbocycles. The molecule has 2 atom stereocenters. The lowest BCUT2D eigenvalue weighted by atomic mass is 10.0. The minimum Gasteiger partial charge on any atom is -1.00 e. The molecule has 0 aliphatic heterocycles. The van der Waals surface area contributed by atoms with E-state index >= 15 is 0 Å². The molecule has 0 amide bonds. The Morgan fingerprint density at radius 2 is 1.46 bits per heavy atom. The number of ether oxygens (including phenoxy) is 2. The summed E-state index contributed by atoms with van der Waals surface area (Å²) in [6, 6.07) is 8.39. The Kier molecular flexibility index (Phi) is 13.0. The maximum absolute atomic E-state index is 6.09. The fraction of sp³-hybridized carbons (Fsp3) is 0.727. The van der Waals surface area contributed by atoms with Gasteiger partial charge < -0.3 is 21.6 Å². The van der Waals surface area contributed by atoms with Gasteiger partial charge in [0.2, 0.25) is 6.29 Å². The highest BCUT2D eigenvalue weighted by Crippen LogP contribution is 2.23. The first kappa shape index (κ1) is 25.2. The molecular weight excluding hydrogens is 346 g/mol. The van der Waals surface area contributed by atoms with Crippen LogP contribution in [0.1, 0.15) is 71.3 Å². The molecular formula is C22H40ClNO2. The summed E-state index contributed by atoms with van der Waals surface area (Å²) in [5.74, 6) is 0.967. The molecule has 3 nitrogen and oxygen atoms in total. The zero-order chi connectivity index (χ0) is 18.7. The number of rotatable bonds is 13. The average Bonchev–Trinajstić information content (AvgIpc) is 2.54. The van der Waals surface area contributed by atoms with E-state index in [0.717, 1.165) is 16.7 Å². The van der Waals surface area contributed by atoms with Gasteiger partial charge in [0.1, 0.15) is 5.75 Å². The second-order valence-corrected chi connectivity index (χ2v) is 8.02. The molecule has 0 saturated heterocycles. The SMILES string of the molecule is CCCCCCCCCc1ccccc1OC(C)OC(C)[N+](C)(C)C.[Cl-]. The third-order valence-corrected chi connectivity index (χ3v) is 4.79. The summed E-state index contributed by atoms with van der Waals surface area (Å²) < 4.78 is 12.9. The molecule has 0 fully saturated rings. The van der Waals surface area contributed by atoms with Crippen LogP contribution in [0.3, 0.4) is 0 Å². The summed E-state index contributed by atoms with van der Waals surface area (Å²) in [7, 11) is 6.39. The van der Waals surface area contributed by atoms with Gasteiger partial charge in [-0.1, -0.05) is 63.6 Å². The van der Waals surface area contributed by atoms with E-state index in [9.17, 15) is 0 Å². The van der Waals surface area contributed by atoms with E-state index in [1.165, 1.54) is 50.5 Å². The predicted molar refractivity (Wildman–Crippen MR) is 107 cm³/mol. The summed E-state index contributed by atoms with van der Waals surface area (Å²) in [4.78, 5) is 0. The van der Waals surface area contributed by atoms with Crippen molar-refractivity contribution >= 4 is 0 Å². The molecule has 4 heteroatoms. The van der Waals surface area contributed by atoms with Gasteiger partial charge in [-0.15, -0.1) is 0 Å². The largest absolute Gasteiger partial charge is 1.00 e. The van der Waals surface area contributed by atoms with Crippen LogP contribution in [-0.2, 0) is 11.2 Å². The Bertz CT molecular complexity index is 473. The molecule has 152 valence electrons. The fourth-order valence-corrected chi connectivity index (χ4v) is 2.76. The molecule has 0 saturated carbocycles. The second-order valence-electron chi connectivity index (χ2n) is 8.02. The van der Waals surface area contributed by atoms with Crippen LogP contribution in [-0.4, -0.2) is 38.1 Å². The van der Waals surface area contributed by atoms with Crippen LogP contribution >= 0.6 is 0 Å². The number of hydrogen-bond acceptors (Lipinski definition) is 2. The van der Waals surface area contributed by atoms with E-state index in [1.54, 1.807) is 0 Å². The molecule has 0 heterocycles. The molecule has 0 aliphatic rings. The standard InChI is InChI=1S/C22H40NO2.ClH/c1-7-8-9-10-11-12-13-16-21-17-14-15-18-22(21)25-20(3)24-19(2)23(4,5)6;/h14-15,17-20H,7-13,16H2,1-6H3;1H/q+1;/p-1.